The highest BCUT2D eigenvalue weighted by atomic mass is 32.2. The number of nitrogens with zero attached hydrogens (tertiary/aromatic N) is 1. The number of carbonyl (C=O) groups excluding carboxylic acids is 2. The number of hydrogen-bond acceptors (Lipinski definition) is 6. The molecule has 0 atom stereocenters. The topological polar surface area (TPSA) is 80.3 Å². The minimum Gasteiger partial charge on any atom is -0.497 e. The van der Waals surface area contributed by atoms with E-state index < -0.39 is 0 Å². The third kappa shape index (κ3) is 5.42. The van der Waals surface area contributed by atoms with Gasteiger partial charge < -0.3 is 15.4 Å². The van der Waals surface area contributed by atoms with Crippen molar-refractivity contribution in [3.63, 3.8) is 0 Å². The zero-order valence-electron chi connectivity index (χ0n) is 16.6. The molecule has 0 radical (unpaired) electrons. The quantitative estimate of drug-likeness (QED) is 0.375. The van der Waals surface area contributed by atoms with Crippen LogP contribution in [0.4, 0.5) is 11.4 Å². The fourth-order valence-electron chi connectivity index (χ4n) is 2.82. The number of amides is 2. The third-order valence-electron chi connectivity index (χ3n) is 4.38. The number of carbonyl (C=O) groups is 2. The molecule has 0 aliphatic heterocycles. The molecule has 8 heteroatoms. The Bertz CT molecular complexity index is 1170. The minimum atomic E-state index is -0.227. The number of aromatic nitrogens is 1. The molecule has 0 unspecified atom stereocenters. The van der Waals surface area contributed by atoms with Gasteiger partial charge in [-0.25, -0.2) is 4.98 Å². The monoisotopic (exact) mass is 449 g/mol. The third-order valence-corrected chi connectivity index (χ3v) is 6.56. The highest BCUT2D eigenvalue weighted by molar-refractivity contribution is 8.01. The predicted molar refractivity (Wildman–Crippen MR) is 126 cm³/mol. The molecular formula is C23H19N3O3S2. The minimum absolute atomic E-state index is 0.125. The predicted octanol–water partition coefficient (Wildman–Crippen LogP) is 5.29. The number of benzene rings is 3. The van der Waals surface area contributed by atoms with Crippen molar-refractivity contribution in [1.29, 1.82) is 0 Å². The second kappa shape index (κ2) is 9.63. The van der Waals surface area contributed by atoms with Gasteiger partial charge in [0.15, 0.2) is 4.34 Å². The number of rotatable bonds is 7. The van der Waals surface area contributed by atoms with Crippen molar-refractivity contribution in [1.82, 2.24) is 4.98 Å². The summed E-state index contributed by atoms with van der Waals surface area (Å²) in [6.07, 6.45) is 0. The average molecular weight is 450 g/mol. The van der Waals surface area contributed by atoms with Crippen molar-refractivity contribution < 1.29 is 14.3 Å². The van der Waals surface area contributed by atoms with Gasteiger partial charge in [0.05, 0.1) is 23.1 Å². The molecule has 0 aliphatic carbocycles. The standard InChI is InChI=1S/C23H19N3O3S2/c1-29-18-12-10-17(11-13-18)25-22(28)15-6-8-16(9-7-15)24-21(27)14-30-23-26-19-4-2-3-5-20(19)31-23/h2-13H,14H2,1H3,(H,24,27)(H,25,28). The molecule has 156 valence electrons. The highest BCUT2D eigenvalue weighted by Crippen LogP contribution is 2.29. The molecule has 1 heterocycles. The van der Waals surface area contributed by atoms with E-state index in [0.717, 1.165) is 20.3 Å². The van der Waals surface area contributed by atoms with Crippen molar-refractivity contribution in [2.24, 2.45) is 0 Å². The van der Waals surface area contributed by atoms with Crippen molar-refractivity contribution in [3.05, 3.63) is 78.4 Å². The van der Waals surface area contributed by atoms with Crippen molar-refractivity contribution >= 4 is 56.5 Å². The SMILES string of the molecule is COc1ccc(NC(=O)c2ccc(NC(=O)CSc3nc4ccccc4s3)cc2)cc1. The Morgan fingerprint density at radius 1 is 0.935 bits per heavy atom. The maximum Gasteiger partial charge on any atom is 0.255 e. The largest absolute Gasteiger partial charge is 0.497 e. The van der Waals surface area contributed by atoms with Gasteiger partial charge in [0.25, 0.3) is 5.91 Å². The molecule has 31 heavy (non-hydrogen) atoms. The summed E-state index contributed by atoms with van der Waals surface area (Å²) in [6.45, 7) is 0. The molecule has 1 aromatic heterocycles. The van der Waals surface area contributed by atoms with Gasteiger partial charge in [-0.1, -0.05) is 23.9 Å². The summed E-state index contributed by atoms with van der Waals surface area (Å²) in [5, 5.41) is 5.67. The Balaban J connectivity index is 1.29. The van der Waals surface area contributed by atoms with E-state index in [1.807, 2.05) is 24.3 Å². The van der Waals surface area contributed by atoms with Crippen molar-refractivity contribution in [2.75, 3.05) is 23.5 Å². The van der Waals surface area contributed by atoms with E-state index in [4.69, 9.17) is 4.74 Å². The summed E-state index contributed by atoms with van der Waals surface area (Å²) >= 11 is 2.98. The number of thiazole rings is 1. The molecule has 0 saturated carbocycles. The first-order chi connectivity index (χ1) is 15.1. The van der Waals surface area contributed by atoms with Crippen LogP contribution in [-0.4, -0.2) is 29.7 Å². The molecule has 0 fully saturated rings. The van der Waals surface area contributed by atoms with E-state index >= 15 is 0 Å². The molecule has 3 aromatic carbocycles. The van der Waals surface area contributed by atoms with Gasteiger partial charge in [0, 0.05) is 16.9 Å². The molecule has 6 nitrogen and oxygen atoms in total. The molecule has 0 bridgehead atoms. The lowest BCUT2D eigenvalue weighted by molar-refractivity contribution is -0.113. The Kier molecular flexibility index (Phi) is 6.49. The van der Waals surface area contributed by atoms with Crippen LogP contribution < -0.4 is 15.4 Å². The first-order valence-electron chi connectivity index (χ1n) is 9.44. The van der Waals surface area contributed by atoms with Crippen LogP contribution in [0.15, 0.2) is 77.1 Å². The summed E-state index contributed by atoms with van der Waals surface area (Å²) in [5.41, 5.74) is 2.75. The van der Waals surface area contributed by atoms with E-state index in [1.54, 1.807) is 67.0 Å². The number of nitrogens with one attached hydrogen (secondary N) is 2. The van der Waals surface area contributed by atoms with Crippen LogP contribution in [0.25, 0.3) is 10.2 Å². The molecule has 0 aliphatic rings. The zero-order chi connectivity index (χ0) is 21.6. The Morgan fingerprint density at radius 3 is 2.32 bits per heavy atom. The summed E-state index contributed by atoms with van der Waals surface area (Å²) in [4.78, 5) is 29.2. The highest BCUT2D eigenvalue weighted by Gasteiger charge is 2.10. The normalized spacial score (nSPS) is 10.6. The summed E-state index contributed by atoms with van der Waals surface area (Å²) in [6, 6.07) is 21.8. The molecule has 4 aromatic rings. The molecule has 0 saturated heterocycles. The smallest absolute Gasteiger partial charge is 0.255 e. The van der Waals surface area contributed by atoms with Crippen LogP contribution in [-0.2, 0) is 4.79 Å². The summed E-state index contributed by atoms with van der Waals surface area (Å²) < 4.78 is 7.08. The lowest BCUT2D eigenvalue weighted by atomic mass is 10.2. The number of fused-ring (bicyclic) bond motifs is 1. The molecule has 2 amide bonds. The number of methoxy groups -OCH3 is 1. The Morgan fingerprint density at radius 2 is 1.61 bits per heavy atom. The Labute approximate surface area is 187 Å². The van der Waals surface area contributed by atoms with Gasteiger partial charge >= 0.3 is 0 Å². The number of anilines is 2. The molecular weight excluding hydrogens is 430 g/mol. The number of ether oxygens (including phenoxy) is 1. The van der Waals surface area contributed by atoms with Crippen LogP contribution in [0, 0.1) is 0 Å². The van der Waals surface area contributed by atoms with E-state index in [0.29, 0.717) is 16.9 Å². The number of para-hydroxylation sites is 1. The second-order valence-corrected chi connectivity index (χ2v) is 8.80. The molecule has 4 rings (SSSR count). The number of thioether (sulfide) groups is 1. The first-order valence-corrected chi connectivity index (χ1v) is 11.2. The van der Waals surface area contributed by atoms with Gasteiger partial charge in [-0.2, -0.15) is 0 Å². The zero-order valence-corrected chi connectivity index (χ0v) is 18.3. The molecule has 2 N–H and O–H groups in total. The lowest BCUT2D eigenvalue weighted by Crippen LogP contribution is -2.15. The van der Waals surface area contributed by atoms with Crippen LogP contribution in [0.2, 0.25) is 0 Å². The second-order valence-electron chi connectivity index (χ2n) is 6.54. The van der Waals surface area contributed by atoms with Crippen LogP contribution in [0.1, 0.15) is 10.4 Å². The average Bonchev–Trinajstić information content (AvgIpc) is 3.22. The lowest BCUT2D eigenvalue weighted by Gasteiger charge is -2.08. The first kappa shape index (κ1) is 20.9. The van der Waals surface area contributed by atoms with Gasteiger partial charge in [-0.15, -0.1) is 11.3 Å². The van der Waals surface area contributed by atoms with Gasteiger partial charge in [0.1, 0.15) is 5.75 Å². The van der Waals surface area contributed by atoms with Crippen molar-refractivity contribution in [2.45, 2.75) is 4.34 Å². The van der Waals surface area contributed by atoms with E-state index in [1.165, 1.54) is 11.8 Å². The van der Waals surface area contributed by atoms with Crippen LogP contribution in [0.3, 0.4) is 0 Å². The fraction of sp³-hybridized carbons (Fsp3) is 0.0870. The van der Waals surface area contributed by atoms with Gasteiger partial charge in [0.2, 0.25) is 5.91 Å². The fourth-order valence-corrected chi connectivity index (χ4v) is 4.69. The molecule has 0 spiro atoms. The maximum absolute atomic E-state index is 12.4. The summed E-state index contributed by atoms with van der Waals surface area (Å²) in [5.74, 6) is 0.632. The summed E-state index contributed by atoms with van der Waals surface area (Å²) in [7, 11) is 1.59. The van der Waals surface area contributed by atoms with Crippen LogP contribution >= 0.6 is 23.1 Å². The maximum atomic E-state index is 12.4. The van der Waals surface area contributed by atoms with Crippen LogP contribution in [0.5, 0.6) is 5.75 Å². The van der Waals surface area contributed by atoms with E-state index in [2.05, 4.69) is 15.6 Å². The van der Waals surface area contributed by atoms with E-state index in [-0.39, 0.29) is 17.6 Å². The van der Waals surface area contributed by atoms with E-state index in [9.17, 15) is 9.59 Å². The number of hydrogen-bond donors (Lipinski definition) is 2. The van der Waals surface area contributed by atoms with Crippen molar-refractivity contribution in [3.8, 4) is 5.75 Å². The Hall–Kier alpha value is -3.36. The van der Waals surface area contributed by atoms with Gasteiger partial charge in [-0.05, 0) is 60.7 Å². The van der Waals surface area contributed by atoms with Gasteiger partial charge in [-0.3, -0.25) is 9.59 Å².